The first kappa shape index (κ1) is 41.1. The molecular weight excluding hydrogens is 797 g/mol. The van der Waals surface area contributed by atoms with Crippen molar-refractivity contribution in [2.45, 2.75) is 38.5 Å². The topological polar surface area (TPSA) is 6.48 Å². The summed E-state index contributed by atoms with van der Waals surface area (Å²) in [6.07, 6.45) is 36.4. The Bertz CT molecular complexity index is 3020. The summed E-state index contributed by atoms with van der Waals surface area (Å²) in [5.74, 6) is 0.942. The summed E-state index contributed by atoms with van der Waals surface area (Å²) in [6, 6.07) is 59.7. The molecule has 11 rings (SSSR count). The molecule has 0 radical (unpaired) electrons. The summed E-state index contributed by atoms with van der Waals surface area (Å²) in [6.45, 7) is 0. The van der Waals surface area contributed by atoms with Crippen molar-refractivity contribution < 1.29 is 0 Å². The summed E-state index contributed by atoms with van der Waals surface area (Å²) in [5, 5.41) is 0. The second kappa shape index (κ2) is 18.8. The molecule has 2 atom stereocenters. The first-order chi connectivity index (χ1) is 32.7. The van der Waals surface area contributed by atoms with Crippen LogP contribution in [0.2, 0.25) is 0 Å². The van der Waals surface area contributed by atoms with E-state index in [1.54, 1.807) is 0 Å². The van der Waals surface area contributed by atoms with Crippen LogP contribution in [0.4, 0.5) is 17.1 Å². The molecule has 0 bridgehead atoms. The number of fused-ring (bicyclic) bond motifs is 1. The fourth-order valence-electron chi connectivity index (χ4n) is 10.1. The minimum atomic E-state index is 0.458. The zero-order valence-electron chi connectivity index (χ0n) is 37.4. The third kappa shape index (κ3) is 8.75. The third-order valence-corrected chi connectivity index (χ3v) is 13.6. The molecule has 320 valence electrons. The lowest BCUT2D eigenvalue weighted by molar-refractivity contribution is 0.848. The van der Waals surface area contributed by atoms with Gasteiger partial charge in [0.25, 0.3) is 0 Å². The summed E-state index contributed by atoms with van der Waals surface area (Å²) in [5.41, 5.74) is 20.3. The molecule has 0 heterocycles. The van der Waals surface area contributed by atoms with E-state index >= 15 is 0 Å². The molecule has 0 aliphatic heterocycles. The average molecular weight is 851 g/mol. The highest BCUT2D eigenvalue weighted by Gasteiger charge is 2.46. The zero-order valence-corrected chi connectivity index (χ0v) is 37.4. The third-order valence-electron chi connectivity index (χ3n) is 13.6. The predicted octanol–water partition coefficient (Wildman–Crippen LogP) is 16.9. The molecule has 5 aliphatic carbocycles. The molecule has 2 heteroatoms. The molecule has 0 N–H and O–H groups in total. The number of allylic oxidation sites excluding steroid dienone is 18. The SMILES string of the molecule is C1=CC(C2=CC=C(N(C3=CC=C(c4ccc(N(/C5=C/C/C=C(c6ccccc6)\C=C/C5)c5ccc(-c6ccccc6)cc5)cc4)C4CC34)c3ccc(-c4ccccc4)cc3)CC=C2)=CCC1. The van der Waals surface area contributed by atoms with E-state index in [-0.39, 0.29) is 0 Å². The first-order valence-electron chi connectivity index (χ1n) is 23.7. The molecule has 5 aliphatic rings. The number of hydrogen-bond donors (Lipinski definition) is 0. The maximum absolute atomic E-state index is 2.56. The van der Waals surface area contributed by atoms with E-state index in [9.17, 15) is 0 Å². The van der Waals surface area contributed by atoms with Crippen LogP contribution in [0.5, 0.6) is 0 Å². The van der Waals surface area contributed by atoms with Gasteiger partial charge in [-0.05, 0) is 136 Å². The van der Waals surface area contributed by atoms with Crippen molar-refractivity contribution in [1.29, 1.82) is 0 Å². The molecule has 2 nitrogen and oxygen atoms in total. The molecule has 6 aromatic rings. The number of hydrogen-bond acceptors (Lipinski definition) is 2. The Kier molecular flexibility index (Phi) is 11.7. The molecule has 0 aromatic heterocycles. The average Bonchev–Trinajstić information content (AvgIpc) is 4.22. The van der Waals surface area contributed by atoms with Crippen molar-refractivity contribution in [2.75, 3.05) is 9.80 Å². The van der Waals surface area contributed by atoms with E-state index in [0.29, 0.717) is 11.8 Å². The van der Waals surface area contributed by atoms with Gasteiger partial charge >= 0.3 is 0 Å². The van der Waals surface area contributed by atoms with Crippen molar-refractivity contribution in [3.8, 4) is 22.3 Å². The Morgan fingerprint density at radius 3 is 1.48 bits per heavy atom. The highest BCUT2D eigenvalue weighted by Crippen LogP contribution is 2.56. The van der Waals surface area contributed by atoms with Gasteiger partial charge in [0.15, 0.2) is 0 Å². The van der Waals surface area contributed by atoms with Crippen molar-refractivity contribution >= 4 is 28.2 Å². The maximum Gasteiger partial charge on any atom is 0.0458 e. The standard InChI is InChI=1S/C64H54N2/c1-5-16-47(17-6-1)51-24-13-27-56(28-14-25-51)65(58-38-31-53(32-39-58)49-20-9-3-10-21-49)59-42-35-55(36-43-59)61-44-45-64(63-46-62(61)63)66(60-40-33-54(34-41-60)50-22-11-4-12-23-50)57-29-15-26-52(30-37-57)48-18-7-2-8-19-48/h1,3-7,9-13,15-26,28,30-45,62-63H,2,8,14,27,29,46H2/b24-13-,51-25+,56-28+. The van der Waals surface area contributed by atoms with Crippen LogP contribution in [0, 0.1) is 11.8 Å². The highest BCUT2D eigenvalue weighted by atomic mass is 15.2. The van der Waals surface area contributed by atoms with Gasteiger partial charge in [-0.2, -0.15) is 0 Å². The van der Waals surface area contributed by atoms with Gasteiger partial charge in [-0.15, -0.1) is 0 Å². The van der Waals surface area contributed by atoms with Crippen LogP contribution in [0.3, 0.4) is 0 Å². The van der Waals surface area contributed by atoms with E-state index in [1.807, 2.05) is 0 Å². The van der Waals surface area contributed by atoms with Crippen LogP contribution < -0.4 is 9.80 Å². The lowest BCUT2D eigenvalue weighted by Gasteiger charge is -2.32. The Labute approximate surface area is 391 Å². The normalized spacial score (nSPS) is 20.8. The number of rotatable bonds is 11. The van der Waals surface area contributed by atoms with Gasteiger partial charge in [-0.1, -0.05) is 194 Å². The lowest BCUT2D eigenvalue weighted by Crippen LogP contribution is -2.24. The van der Waals surface area contributed by atoms with Crippen molar-refractivity contribution in [3.05, 3.63) is 282 Å². The van der Waals surface area contributed by atoms with Gasteiger partial charge < -0.3 is 9.80 Å². The molecule has 2 unspecified atom stereocenters. The Balaban J connectivity index is 0.913. The quantitative estimate of drug-likeness (QED) is 0.128. The van der Waals surface area contributed by atoms with Crippen molar-refractivity contribution in [2.24, 2.45) is 11.8 Å². The van der Waals surface area contributed by atoms with Crippen LogP contribution in [-0.4, -0.2) is 0 Å². The number of anilines is 3. The number of nitrogens with zero attached hydrogens (tertiary/aromatic N) is 2. The zero-order chi connectivity index (χ0) is 44.1. The summed E-state index contributed by atoms with van der Waals surface area (Å²) >= 11 is 0. The maximum atomic E-state index is 2.56. The van der Waals surface area contributed by atoms with Gasteiger partial charge in [-0.3, -0.25) is 0 Å². The minimum Gasteiger partial charge on any atom is -0.317 e. The van der Waals surface area contributed by atoms with Crippen molar-refractivity contribution in [3.63, 3.8) is 0 Å². The molecule has 1 saturated carbocycles. The molecule has 6 aromatic carbocycles. The van der Waals surface area contributed by atoms with E-state index in [0.717, 1.165) is 44.2 Å². The van der Waals surface area contributed by atoms with Gasteiger partial charge in [0.05, 0.1) is 0 Å². The molecule has 1 fully saturated rings. The highest BCUT2D eigenvalue weighted by molar-refractivity contribution is 5.80. The van der Waals surface area contributed by atoms with Gasteiger partial charge in [-0.25, -0.2) is 0 Å². The summed E-state index contributed by atoms with van der Waals surface area (Å²) < 4.78 is 0. The van der Waals surface area contributed by atoms with Crippen LogP contribution in [-0.2, 0) is 0 Å². The van der Waals surface area contributed by atoms with E-state index in [2.05, 4.69) is 253 Å². The minimum absolute atomic E-state index is 0.458. The fourth-order valence-corrected chi connectivity index (χ4v) is 10.1. The van der Waals surface area contributed by atoms with E-state index in [4.69, 9.17) is 0 Å². The van der Waals surface area contributed by atoms with Gasteiger partial charge in [0.2, 0.25) is 0 Å². The molecule has 0 amide bonds. The molecular formula is C64H54N2. The molecule has 0 saturated heterocycles. The molecule has 66 heavy (non-hydrogen) atoms. The Morgan fingerprint density at radius 1 is 0.348 bits per heavy atom. The predicted molar refractivity (Wildman–Crippen MR) is 280 cm³/mol. The first-order valence-corrected chi connectivity index (χ1v) is 23.7. The monoisotopic (exact) mass is 850 g/mol. The Hall–Kier alpha value is -7.68. The van der Waals surface area contributed by atoms with Crippen LogP contribution in [0.25, 0.3) is 33.4 Å². The fraction of sp³-hybridized carbons (Fsp3) is 0.125. The van der Waals surface area contributed by atoms with E-state index in [1.165, 1.54) is 84.1 Å². The lowest BCUT2D eigenvalue weighted by atomic mass is 9.94. The van der Waals surface area contributed by atoms with Crippen LogP contribution >= 0.6 is 0 Å². The summed E-state index contributed by atoms with van der Waals surface area (Å²) in [7, 11) is 0. The van der Waals surface area contributed by atoms with Crippen molar-refractivity contribution in [1.82, 2.24) is 0 Å². The molecule has 0 spiro atoms. The van der Waals surface area contributed by atoms with Gasteiger partial charge in [0, 0.05) is 52.9 Å². The largest absolute Gasteiger partial charge is 0.317 e. The summed E-state index contributed by atoms with van der Waals surface area (Å²) in [4.78, 5) is 5.01. The number of benzene rings is 6. The second-order valence-electron chi connectivity index (χ2n) is 17.8. The Morgan fingerprint density at radius 2 is 0.879 bits per heavy atom. The van der Waals surface area contributed by atoms with Crippen LogP contribution in [0.1, 0.15) is 49.7 Å². The smallest absolute Gasteiger partial charge is 0.0458 e. The van der Waals surface area contributed by atoms with E-state index < -0.39 is 0 Å². The van der Waals surface area contributed by atoms with Crippen LogP contribution in [0.15, 0.2) is 271 Å². The van der Waals surface area contributed by atoms with Gasteiger partial charge in [0.1, 0.15) is 0 Å². The second-order valence-corrected chi connectivity index (χ2v) is 17.8.